The van der Waals surface area contributed by atoms with Gasteiger partial charge in [-0.3, -0.25) is 4.79 Å². The first-order valence-electron chi connectivity index (χ1n) is 11.8. The van der Waals surface area contributed by atoms with E-state index in [1.807, 2.05) is 32.0 Å². The molecule has 6 nitrogen and oxygen atoms in total. The number of rotatable bonds is 7. The summed E-state index contributed by atoms with van der Waals surface area (Å²) in [6, 6.07) is 7.41. The van der Waals surface area contributed by atoms with E-state index < -0.39 is 18.4 Å². The molecule has 1 amide bonds. The molecule has 0 bridgehead atoms. The van der Waals surface area contributed by atoms with Gasteiger partial charge in [-0.05, 0) is 42.5 Å². The summed E-state index contributed by atoms with van der Waals surface area (Å²) in [5, 5.41) is 2.88. The van der Waals surface area contributed by atoms with Gasteiger partial charge in [-0.2, -0.15) is 8.78 Å². The Labute approximate surface area is 208 Å². The molecule has 1 aliphatic heterocycles. The number of anilines is 2. The number of carbonyl (C=O) groups is 1. The molecular formula is C26H31F4N5O. The summed E-state index contributed by atoms with van der Waals surface area (Å²) in [4.78, 5) is 22.8. The highest BCUT2D eigenvalue weighted by atomic mass is 19.3. The van der Waals surface area contributed by atoms with Crippen LogP contribution in [0.15, 0.2) is 41.7 Å². The third kappa shape index (κ3) is 6.61. The lowest BCUT2D eigenvalue weighted by molar-refractivity contribution is -0.0102. The van der Waals surface area contributed by atoms with E-state index in [4.69, 9.17) is 5.73 Å². The number of aliphatic imine (C=N–C) groups is 1. The van der Waals surface area contributed by atoms with Crippen LogP contribution in [0.1, 0.15) is 66.1 Å². The summed E-state index contributed by atoms with van der Waals surface area (Å²) in [6.45, 7) is 3.11. The number of benzene rings is 1. The first-order valence-corrected chi connectivity index (χ1v) is 11.8. The number of halogens is 4. The summed E-state index contributed by atoms with van der Waals surface area (Å²) in [5.74, 6) is -2.77. The first-order chi connectivity index (χ1) is 17.0. The second kappa shape index (κ2) is 11.5. The third-order valence-electron chi connectivity index (χ3n) is 6.19. The molecule has 1 aromatic heterocycles. The van der Waals surface area contributed by atoms with Gasteiger partial charge >= 0.3 is 6.55 Å². The first kappa shape index (κ1) is 27.2. The highest BCUT2D eigenvalue weighted by Crippen LogP contribution is 2.33. The lowest BCUT2D eigenvalue weighted by atomic mass is 9.98. The molecule has 0 radical (unpaired) electrons. The minimum atomic E-state index is -2.93. The molecule has 0 spiro atoms. The summed E-state index contributed by atoms with van der Waals surface area (Å²) in [7, 11) is 0. The van der Waals surface area contributed by atoms with Crippen LogP contribution in [0.3, 0.4) is 0 Å². The molecule has 3 rings (SSSR count). The van der Waals surface area contributed by atoms with Gasteiger partial charge in [-0.1, -0.05) is 26.0 Å². The maximum absolute atomic E-state index is 14.0. The fourth-order valence-electron chi connectivity index (χ4n) is 4.18. The lowest BCUT2D eigenvalue weighted by Gasteiger charge is -2.26. The van der Waals surface area contributed by atoms with Gasteiger partial charge in [-0.15, -0.1) is 0 Å². The number of alkyl halides is 4. The normalized spacial score (nSPS) is 16.6. The number of nitrogens with one attached hydrogen (secondary N) is 1. The molecule has 0 aliphatic carbocycles. The van der Waals surface area contributed by atoms with Crippen molar-refractivity contribution < 1.29 is 22.4 Å². The fraction of sp³-hybridized carbons (Fsp3) is 0.423. The zero-order chi connectivity index (χ0) is 26.5. The van der Waals surface area contributed by atoms with Crippen molar-refractivity contribution in [3.63, 3.8) is 0 Å². The number of pyridine rings is 1. The van der Waals surface area contributed by atoms with E-state index in [2.05, 4.69) is 15.3 Å². The SMILES string of the molecule is Cc1c(C(=C/N)/C=N/C(F)F)cnc(N2CCCC(F)(F)CC2)c1C(=O)Nc1cccc(C(C)C)c1. The van der Waals surface area contributed by atoms with Crippen LogP contribution in [0.4, 0.5) is 29.1 Å². The molecule has 10 heteroatoms. The largest absolute Gasteiger partial charge is 0.404 e. The second-order valence-electron chi connectivity index (χ2n) is 9.10. The highest BCUT2D eigenvalue weighted by Gasteiger charge is 2.33. The van der Waals surface area contributed by atoms with Crippen molar-refractivity contribution in [1.82, 2.24) is 4.98 Å². The predicted molar refractivity (Wildman–Crippen MR) is 135 cm³/mol. The van der Waals surface area contributed by atoms with E-state index in [9.17, 15) is 22.4 Å². The number of amides is 1. The fourth-order valence-corrected chi connectivity index (χ4v) is 4.18. The number of allylic oxidation sites excluding steroid dienone is 1. The molecule has 2 heterocycles. The van der Waals surface area contributed by atoms with Crippen molar-refractivity contribution in [3.05, 3.63) is 58.9 Å². The average molecular weight is 506 g/mol. The molecular weight excluding hydrogens is 474 g/mol. The molecule has 1 aliphatic rings. The molecule has 194 valence electrons. The second-order valence-corrected chi connectivity index (χ2v) is 9.10. The van der Waals surface area contributed by atoms with Gasteiger partial charge in [-0.25, -0.2) is 18.8 Å². The zero-order valence-electron chi connectivity index (χ0n) is 20.6. The average Bonchev–Trinajstić information content (AvgIpc) is 3.00. The monoisotopic (exact) mass is 505 g/mol. The summed E-state index contributed by atoms with van der Waals surface area (Å²) in [5.41, 5.74) is 8.35. The van der Waals surface area contributed by atoms with Crippen LogP contribution in [0.5, 0.6) is 0 Å². The number of hydrogen-bond acceptors (Lipinski definition) is 5. The minimum absolute atomic E-state index is 0.0222. The number of hydrogen-bond donors (Lipinski definition) is 2. The lowest BCUT2D eigenvalue weighted by Crippen LogP contribution is -2.30. The molecule has 1 fully saturated rings. The smallest absolute Gasteiger partial charge is 0.331 e. The molecule has 0 saturated carbocycles. The van der Waals surface area contributed by atoms with Gasteiger partial charge < -0.3 is 16.0 Å². The van der Waals surface area contributed by atoms with E-state index in [-0.39, 0.29) is 48.7 Å². The molecule has 0 atom stereocenters. The van der Waals surface area contributed by atoms with Crippen molar-refractivity contribution in [2.24, 2.45) is 10.7 Å². The Balaban J connectivity index is 2.07. The molecule has 36 heavy (non-hydrogen) atoms. The van der Waals surface area contributed by atoms with Crippen LogP contribution in [-0.4, -0.2) is 42.7 Å². The number of aromatic nitrogens is 1. The predicted octanol–water partition coefficient (Wildman–Crippen LogP) is 5.98. The number of nitrogens with zero attached hydrogens (tertiary/aromatic N) is 3. The van der Waals surface area contributed by atoms with Crippen LogP contribution in [0.2, 0.25) is 0 Å². The number of nitrogens with two attached hydrogens (primary N) is 1. The maximum atomic E-state index is 14.0. The Bertz CT molecular complexity index is 1150. The molecule has 2 aromatic rings. The topological polar surface area (TPSA) is 83.6 Å². The number of carbonyl (C=O) groups excluding carboxylic acids is 1. The quantitative estimate of drug-likeness (QED) is 0.275. The van der Waals surface area contributed by atoms with Crippen molar-refractivity contribution in [2.45, 2.75) is 58.4 Å². The van der Waals surface area contributed by atoms with Gasteiger partial charge in [0.1, 0.15) is 5.82 Å². The summed E-state index contributed by atoms with van der Waals surface area (Å²) < 4.78 is 53.4. The van der Waals surface area contributed by atoms with Crippen molar-refractivity contribution in [2.75, 3.05) is 23.3 Å². The van der Waals surface area contributed by atoms with Gasteiger partial charge in [0.05, 0.1) is 5.56 Å². The highest BCUT2D eigenvalue weighted by molar-refractivity contribution is 6.13. The van der Waals surface area contributed by atoms with Crippen molar-refractivity contribution >= 4 is 29.2 Å². The van der Waals surface area contributed by atoms with E-state index in [1.165, 1.54) is 6.20 Å². The standard InChI is InChI=1S/C26H31F4N5O/c1-16(2)18-6-4-7-20(12-18)34-24(36)22-17(3)21(19(13-31)14-33-25(27)28)15-32-23(22)35-10-5-8-26(29,30)9-11-35/h4,6-7,12-16,25H,5,8-11,31H2,1-3H3,(H,34,36)/b19-13+,33-14+. The third-order valence-corrected chi connectivity index (χ3v) is 6.19. The summed E-state index contributed by atoms with van der Waals surface area (Å²) in [6.07, 6.45) is 3.07. The van der Waals surface area contributed by atoms with Crippen LogP contribution < -0.4 is 16.0 Å². The van der Waals surface area contributed by atoms with E-state index in [1.54, 1.807) is 17.9 Å². The molecule has 0 unspecified atom stereocenters. The van der Waals surface area contributed by atoms with Gasteiger partial charge in [0.15, 0.2) is 0 Å². The Morgan fingerprint density at radius 1 is 1.25 bits per heavy atom. The minimum Gasteiger partial charge on any atom is -0.404 e. The summed E-state index contributed by atoms with van der Waals surface area (Å²) >= 11 is 0. The van der Waals surface area contributed by atoms with Gasteiger partial charge in [0, 0.05) is 61.4 Å². The van der Waals surface area contributed by atoms with E-state index in [0.717, 1.165) is 18.0 Å². The Kier molecular flexibility index (Phi) is 8.70. The molecule has 1 saturated heterocycles. The van der Waals surface area contributed by atoms with Gasteiger partial charge in [0.25, 0.3) is 5.91 Å². The van der Waals surface area contributed by atoms with E-state index in [0.29, 0.717) is 23.4 Å². The van der Waals surface area contributed by atoms with Crippen molar-refractivity contribution in [1.29, 1.82) is 0 Å². The van der Waals surface area contributed by atoms with Crippen LogP contribution in [-0.2, 0) is 0 Å². The van der Waals surface area contributed by atoms with Crippen LogP contribution >= 0.6 is 0 Å². The van der Waals surface area contributed by atoms with Crippen LogP contribution in [0, 0.1) is 6.92 Å². The van der Waals surface area contributed by atoms with Crippen LogP contribution in [0.25, 0.3) is 5.57 Å². The Morgan fingerprint density at radius 2 is 2.00 bits per heavy atom. The van der Waals surface area contributed by atoms with E-state index >= 15 is 0 Å². The Morgan fingerprint density at radius 3 is 2.67 bits per heavy atom. The Hall–Kier alpha value is -3.43. The molecule has 1 aromatic carbocycles. The molecule has 3 N–H and O–H groups in total. The maximum Gasteiger partial charge on any atom is 0.331 e. The van der Waals surface area contributed by atoms with Gasteiger partial charge in [0.2, 0.25) is 5.92 Å². The zero-order valence-corrected chi connectivity index (χ0v) is 20.6. The van der Waals surface area contributed by atoms with Crippen molar-refractivity contribution in [3.8, 4) is 0 Å².